The van der Waals surface area contributed by atoms with Crippen LogP contribution in [0.4, 0.5) is 4.39 Å². The molecular weight excluding hydrogens is 191 g/mol. The van der Waals surface area contributed by atoms with E-state index in [1.54, 1.807) is 18.5 Å². The molecule has 1 heterocycles. The first-order valence-electron chi connectivity index (χ1n) is 4.78. The van der Waals surface area contributed by atoms with Crippen LogP contribution in [-0.2, 0) is 0 Å². The lowest BCUT2D eigenvalue weighted by atomic mass is 10.3. The molecular formula is C12H13FN2. The second-order valence-corrected chi connectivity index (χ2v) is 2.83. The highest BCUT2D eigenvalue weighted by molar-refractivity contribution is 5.36. The van der Waals surface area contributed by atoms with Crippen LogP contribution >= 0.6 is 0 Å². The van der Waals surface area contributed by atoms with Gasteiger partial charge in [0, 0.05) is 24.5 Å². The summed E-state index contributed by atoms with van der Waals surface area (Å²) in [7, 11) is 0. The van der Waals surface area contributed by atoms with Gasteiger partial charge in [0.05, 0.1) is 0 Å². The summed E-state index contributed by atoms with van der Waals surface area (Å²) >= 11 is 0. The standard InChI is InChI=1S/C12H13FN2/c1-2-14-10-11(9-13)6-7-12-5-3-4-8-15-12/h3-5,8,10,14H,2,9H2,1H3/b11-10-. The Hall–Kier alpha value is -1.82. The maximum Gasteiger partial charge on any atom is 0.124 e. The quantitative estimate of drug-likeness (QED) is 0.760. The van der Waals surface area contributed by atoms with Gasteiger partial charge in [-0.25, -0.2) is 9.37 Å². The van der Waals surface area contributed by atoms with Crippen LogP contribution in [0.25, 0.3) is 0 Å². The Morgan fingerprint density at radius 1 is 1.60 bits per heavy atom. The van der Waals surface area contributed by atoms with Crippen molar-refractivity contribution in [2.75, 3.05) is 13.2 Å². The summed E-state index contributed by atoms with van der Waals surface area (Å²) in [6.07, 6.45) is 3.25. The SMILES string of the molecule is CCN/C=C(/C#Cc1ccccn1)CF. The Morgan fingerprint density at radius 3 is 3.07 bits per heavy atom. The highest BCUT2D eigenvalue weighted by atomic mass is 19.1. The average molecular weight is 204 g/mol. The van der Waals surface area contributed by atoms with Gasteiger partial charge in [-0.05, 0) is 25.0 Å². The van der Waals surface area contributed by atoms with E-state index in [1.165, 1.54) is 0 Å². The first-order valence-corrected chi connectivity index (χ1v) is 4.78. The number of rotatable bonds is 3. The third-order valence-corrected chi connectivity index (χ3v) is 1.64. The first-order chi connectivity index (χ1) is 7.36. The van der Waals surface area contributed by atoms with Gasteiger partial charge in [-0.2, -0.15) is 0 Å². The molecule has 1 aromatic rings. The van der Waals surface area contributed by atoms with Crippen LogP contribution in [0, 0.1) is 11.8 Å². The Balaban J connectivity index is 2.71. The molecule has 0 saturated heterocycles. The van der Waals surface area contributed by atoms with E-state index in [-0.39, 0.29) is 0 Å². The van der Waals surface area contributed by atoms with Crippen LogP contribution in [0.15, 0.2) is 36.2 Å². The highest BCUT2D eigenvalue weighted by Gasteiger charge is 1.90. The van der Waals surface area contributed by atoms with Crippen molar-refractivity contribution in [2.24, 2.45) is 0 Å². The van der Waals surface area contributed by atoms with Crippen molar-refractivity contribution in [1.29, 1.82) is 0 Å². The van der Waals surface area contributed by atoms with Crippen LogP contribution in [0.2, 0.25) is 0 Å². The van der Waals surface area contributed by atoms with Crippen molar-refractivity contribution in [2.45, 2.75) is 6.92 Å². The zero-order chi connectivity index (χ0) is 10.9. The number of allylic oxidation sites excluding steroid dienone is 1. The molecule has 78 valence electrons. The molecule has 0 aliphatic rings. The predicted molar refractivity (Wildman–Crippen MR) is 58.8 cm³/mol. The van der Waals surface area contributed by atoms with Gasteiger partial charge in [-0.1, -0.05) is 12.0 Å². The zero-order valence-electron chi connectivity index (χ0n) is 8.63. The number of alkyl halides is 1. The van der Waals surface area contributed by atoms with E-state index >= 15 is 0 Å². The van der Waals surface area contributed by atoms with Crippen LogP contribution in [-0.4, -0.2) is 18.2 Å². The van der Waals surface area contributed by atoms with E-state index in [4.69, 9.17) is 0 Å². The second-order valence-electron chi connectivity index (χ2n) is 2.83. The predicted octanol–water partition coefficient (Wildman–Crippen LogP) is 1.90. The number of hydrogen-bond donors (Lipinski definition) is 1. The summed E-state index contributed by atoms with van der Waals surface area (Å²) in [5.41, 5.74) is 1.08. The lowest BCUT2D eigenvalue weighted by molar-refractivity contribution is 0.549. The minimum atomic E-state index is -0.563. The van der Waals surface area contributed by atoms with Gasteiger partial charge < -0.3 is 5.32 Å². The van der Waals surface area contributed by atoms with Crippen LogP contribution in [0.3, 0.4) is 0 Å². The average Bonchev–Trinajstić information content (AvgIpc) is 2.31. The zero-order valence-corrected chi connectivity index (χ0v) is 8.63. The lowest BCUT2D eigenvalue weighted by Gasteiger charge is -1.94. The Labute approximate surface area is 89.2 Å². The van der Waals surface area contributed by atoms with Gasteiger partial charge >= 0.3 is 0 Å². The molecule has 2 nitrogen and oxygen atoms in total. The molecule has 0 atom stereocenters. The molecule has 0 radical (unpaired) electrons. The number of nitrogens with one attached hydrogen (secondary N) is 1. The molecule has 0 spiro atoms. The van der Waals surface area contributed by atoms with E-state index in [9.17, 15) is 4.39 Å². The largest absolute Gasteiger partial charge is 0.390 e. The number of pyridine rings is 1. The highest BCUT2D eigenvalue weighted by Crippen LogP contribution is 1.94. The van der Waals surface area contributed by atoms with E-state index in [0.717, 1.165) is 6.54 Å². The minimum absolute atomic E-state index is 0.433. The van der Waals surface area contributed by atoms with Gasteiger partial charge in [-0.3, -0.25) is 0 Å². The van der Waals surface area contributed by atoms with E-state index in [0.29, 0.717) is 11.3 Å². The monoisotopic (exact) mass is 204 g/mol. The van der Waals surface area contributed by atoms with Crippen molar-refractivity contribution in [3.05, 3.63) is 41.9 Å². The van der Waals surface area contributed by atoms with Crippen molar-refractivity contribution in [1.82, 2.24) is 10.3 Å². The minimum Gasteiger partial charge on any atom is -0.390 e. The second kappa shape index (κ2) is 6.61. The molecule has 0 aliphatic heterocycles. The fourth-order valence-corrected chi connectivity index (χ4v) is 0.914. The van der Waals surface area contributed by atoms with Gasteiger partial charge in [0.2, 0.25) is 0 Å². The Kier molecular flexibility index (Phi) is 4.96. The lowest BCUT2D eigenvalue weighted by Crippen LogP contribution is -2.04. The van der Waals surface area contributed by atoms with Crippen LogP contribution in [0.1, 0.15) is 12.6 Å². The fourth-order valence-electron chi connectivity index (χ4n) is 0.914. The van der Waals surface area contributed by atoms with E-state index < -0.39 is 6.67 Å². The summed E-state index contributed by atoms with van der Waals surface area (Å²) in [5.74, 6) is 5.53. The summed E-state index contributed by atoms with van der Waals surface area (Å²) < 4.78 is 12.5. The molecule has 0 bridgehead atoms. The summed E-state index contributed by atoms with van der Waals surface area (Å²) in [5, 5.41) is 2.91. The molecule has 15 heavy (non-hydrogen) atoms. The smallest absolute Gasteiger partial charge is 0.124 e. The number of hydrogen-bond acceptors (Lipinski definition) is 2. The summed E-state index contributed by atoms with van der Waals surface area (Å²) in [4.78, 5) is 4.02. The third-order valence-electron chi connectivity index (χ3n) is 1.64. The molecule has 1 N–H and O–H groups in total. The van der Waals surface area contributed by atoms with Gasteiger partial charge in [0.1, 0.15) is 12.4 Å². The Bertz CT molecular complexity index is 374. The fraction of sp³-hybridized carbons (Fsp3) is 0.250. The maximum atomic E-state index is 12.5. The molecule has 0 amide bonds. The molecule has 0 unspecified atom stereocenters. The number of halogens is 1. The topological polar surface area (TPSA) is 24.9 Å². The molecule has 0 saturated carbocycles. The molecule has 1 aromatic heterocycles. The van der Waals surface area contributed by atoms with Gasteiger partial charge in [-0.15, -0.1) is 0 Å². The molecule has 0 aromatic carbocycles. The van der Waals surface area contributed by atoms with Crippen LogP contribution in [0.5, 0.6) is 0 Å². The van der Waals surface area contributed by atoms with E-state index in [1.807, 2.05) is 19.1 Å². The van der Waals surface area contributed by atoms with Crippen molar-refractivity contribution in [3.63, 3.8) is 0 Å². The molecule has 0 fully saturated rings. The Morgan fingerprint density at radius 2 is 2.47 bits per heavy atom. The molecule has 3 heteroatoms. The number of aromatic nitrogens is 1. The maximum absolute atomic E-state index is 12.5. The third kappa shape index (κ3) is 4.28. The van der Waals surface area contributed by atoms with Crippen LogP contribution < -0.4 is 5.32 Å². The van der Waals surface area contributed by atoms with E-state index in [2.05, 4.69) is 22.1 Å². The van der Waals surface area contributed by atoms with Crippen molar-refractivity contribution >= 4 is 0 Å². The van der Waals surface area contributed by atoms with Crippen molar-refractivity contribution < 1.29 is 4.39 Å². The summed E-state index contributed by atoms with van der Waals surface area (Å²) in [6.45, 7) is 2.14. The summed E-state index contributed by atoms with van der Waals surface area (Å²) in [6, 6.07) is 5.45. The van der Waals surface area contributed by atoms with Crippen molar-refractivity contribution in [3.8, 4) is 11.8 Å². The van der Waals surface area contributed by atoms with Gasteiger partial charge in [0.25, 0.3) is 0 Å². The molecule has 0 aliphatic carbocycles. The normalized spacial score (nSPS) is 10.4. The first kappa shape index (κ1) is 11.3. The number of nitrogens with zero attached hydrogens (tertiary/aromatic N) is 1. The van der Waals surface area contributed by atoms with Gasteiger partial charge in [0.15, 0.2) is 0 Å². The molecule has 1 rings (SSSR count).